The van der Waals surface area contributed by atoms with Crippen molar-refractivity contribution in [1.82, 2.24) is 4.90 Å². The maximum atomic E-state index is 5.40. The van der Waals surface area contributed by atoms with Crippen molar-refractivity contribution in [2.75, 3.05) is 20.6 Å². The summed E-state index contributed by atoms with van der Waals surface area (Å²) in [5.41, 5.74) is 7.09. The molecule has 0 aliphatic rings. The molecule has 0 amide bonds. The lowest BCUT2D eigenvalue weighted by Crippen LogP contribution is -2.13. The quantitative estimate of drug-likeness (QED) is 0.634. The fourth-order valence-corrected chi connectivity index (χ4v) is 0.520. The number of nitrogens with two attached hydrogens (primary N) is 1. The summed E-state index contributed by atoms with van der Waals surface area (Å²) in [6.45, 7) is 9.86. The summed E-state index contributed by atoms with van der Waals surface area (Å²) in [5.74, 6) is 0.710. The largest absolute Gasteiger partial charge is 0.363 e. The van der Waals surface area contributed by atoms with Gasteiger partial charge in [-0.05, 0) is 12.5 Å². The van der Waals surface area contributed by atoms with E-state index in [0.717, 1.165) is 11.3 Å². The van der Waals surface area contributed by atoms with Crippen molar-refractivity contribution in [2.45, 2.75) is 6.92 Å². The van der Waals surface area contributed by atoms with Crippen LogP contribution in [-0.2, 0) is 0 Å². The van der Waals surface area contributed by atoms with Gasteiger partial charge in [0.25, 0.3) is 0 Å². The normalized spacial score (nSPS) is 11.2. The van der Waals surface area contributed by atoms with E-state index in [2.05, 4.69) is 18.2 Å². The molecular weight excluding hydrogens is 150 g/mol. The molecule has 0 aromatic rings. The lowest BCUT2D eigenvalue weighted by Gasteiger charge is -2.12. The second kappa shape index (κ2) is 4.72. The van der Waals surface area contributed by atoms with Crippen LogP contribution >= 0.6 is 0 Å². The Morgan fingerprint density at radius 3 is 2.25 bits per heavy atom. The third kappa shape index (κ3) is 3.34. The Kier molecular flexibility index (Phi) is 4.29. The summed E-state index contributed by atoms with van der Waals surface area (Å²) in [6.07, 6.45) is 0. The molecule has 0 unspecified atom stereocenters. The van der Waals surface area contributed by atoms with E-state index in [1.807, 2.05) is 25.9 Å². The van der Waals surface area contributed by atoms with Crippen LogP contribution in [0, 0.1) is 0 Å². The molecule has 2 N–H and O–H groups in total. The fourth-order valence-electron chi connectivity index (χ4n) is 0.520. The average molecular weight is 167 g/mol. The zero-order valence-corrected chi connectivity index (χ0v) is 8.09. The van der Waals surface area contributed by atoms with Gasteiger partial charge in [-0.1, -0.05) is 13.2 Å². The van der Waals surface area contributed by atoms with Crippen LogP contribution in [0.2, 0.25) is 0 Å². The van der Waals surface area contributed by atoms with E-state index >= 15 is 0 Å². The van der Waals surface area contributed by atoms with Crippen molar-refractivity contribution in [3.63, 3.8) is 0 Å². The summed E-state index contributed by atoms with van der Waals surface area (Å²) in [4.78, 5) is 6.06. The summed E-state index contributed by atoms with van der Waals surface area (Å²) in [7, 11) is 3.79. The van der Waals surface area contributed by atoms with Gasteiger partial charge < -0.3 is 10.6 Å². The zero-order valence-electron chi connectivity index (χ0n) is 8.09. The SMILES string of the molecule is C=C(CN)/C(C)=N\C(=C)N(C)C. The third-order valence-corrected chi connectivity index (χ3v) is 1.57. The topological polar surface area (TPSA) is 41.6 Å². The van der Waals surface area contributed by atoms with Gasteiger partial charge in [0.05, 0.1) is 0 Å². The van der Waals surface area contributed by atoms with Crippen LogP contribution in [0.25, 0.3) is 0 Å². The van der Waals surface area contributed by atoms with Gasteiger partial charge in [0.2, 0.25) is 0 Å². The van der Waals surface area contributed by atoms with Crippen molar-refractivity contribution in [3.8, 4) is 0 Å². The van der Waals surface area contributed by atoms with Gasteiger partial charge in [0, 0.05) is 26.4 Å². The Hall–Kier alpha value is -1.09. The van der Waals surface area contributed by atoms with Gasteiger partial charge in [-0.3, -0.25) is 0 Å². The van der Waals surface area contributed by atoms with Crippen molar-refractivity contribution >= 4 is 5.71 Å². The van der Waals surface area contributed by atoms with Crippen LogP contribution in [0.1, 0.15) is 6.92 Å². The van der Waals surface area contributed by atoms with Crippen LogP contribution in [0.5, 0.6) is 0 Å². The minimum absolute atomic E-state index is 0.441. The molecule has 0 fully saturated rings. The van der Waals surface area contributed by atoms with Crippen LogP contribution in [0.15, 0.2) is 29.5 Å². The van der Waals surface area contributed by atoms with E-state index in [9.17, 15) is 0 Å². The van der Waals surface area contributed by atoms with E-state index in [1.54, 1.807) is 0 Å². The molecule has 0 bridgehead atoms. The summed E-state index contributed by atoms with van der Waals surface area (Å²) < 4.78 is 0. The molecule has 0 heterocycles. The highest BCUT2D eigenvalue weighted by atomic mass is 15.2. The molecule has 0 saturated carbocycles. The Morgan fingerprint density at radius 2 is 1.92 bits per heavy atom. The van der Waals surface area contributed by atoms with Crippen molar-refractivity contribution in [3.05, 3.63) is 24.6 Å². The second-order valence-corrected chi connectivity index (χ2v) is 2.82. The first-order valence-electron chi connectivity index (χ1n) is 3.78. The van der Waals surface area contributed by atoms with Gasteiger partial charge in [0.1, 0.15) is 5.82 Å². The maximum absolute atomic E-state index is 5.40. The minimum Gasteiger partial charge on any atom is -0.363 e. The molecule has 0 aliphatic carbocycles. The summed E-state index contributed by atoms with van der Waals surface area (Å²) in [5, 5.41) is 0. The molecule has 0 saturated heterocycles. The highest BCUT2D eigenvalue weighted by Crippen LogP contribution is 2.00. The molecule has 0 spiro atoms. The highest BCUT2D eigenvalue weighted by Gasteiger charge is 1.97. The molecular formula is C9H17N3. The first-order chi connectivity index (χ1) is 5.49. The molecule has 0 atom stereocenters. The maximum Gasteiger partial charge on any atom is 0.120 e. The van der Waals surface area contributed by atoms with Gasteiger partial charge >= 0.3 is 0 Å². The van der Waals surface area contributed by atoms with Crippen LogP contribution in [0.4, 0.5) is 0 Å². The lowest BCUT2D eigenvalue weighted by atomic mass is 10.2. The zero-order chi connectivity index (χ0) is 9.72. The van der Waals surface area contributed by atoms with Crippen molar-refractivity contribution in [1.29, 1.82) is 0 Å². The van der Waals surface area contributed by atoms with E-state index < -0.39 is 0 Å². The molecule has 0 aromatic carbocycles. The Balaban J connectivity index is 4.36. The minimum atomic E-state index is 0.441. The molecule has 0 aromatic heterocycles. The van der Waals surface area contributed by atoms with E-state index in [0.29, 0.717) is 12.4 Å². The summed E-state index contributed by atoms with van der Waals surface area (Å²) >= 11 is 0. The molecule has 0 aliphatic heterocycles. The predicted octanol–water partition coefficient (Wildman–Crippen LogP) is 0.995. The van der Waals surface area contributed by atoms with E-state index in [4.69, 9.17) is 5.73 Å². The second-order valence-electron chi connectivity index (χ2n) is 2.82. The Morgan fingerprint density at radius 1 is 1.42 bits per heavy atom. The van der Waals surface area contributed by atoms with Crippen LogP contribution in [-0.4, -0.2) is 31.3 Å². The first-order valence-corrected chi connectivity index (χ1v) is 3.78. The van der Waals surface area contributed by atoms with E-state index in [1.165, 1.54) is 0 Å². The number of hydrogen-bond donors (Lipinski definition) is 1. The van der Waals surface area contributed by atoms with Gasteiger partial charge in [-0.25, -0.2) is 4.99 Å². The van der Waals surface area contributed by atoms with Gasteiger partial charge in [0.15, 0.2) is 0 Å². The molecule has 12 heavy (non-hydrogen) atoms. The summed E-state index contributed by atoms with van der Waals surface area (Å²) in [6, 6.07) is 0. The van der Waals surface area contributed by atoms with Crippen LogP contribution < -0.4 is 5.73 Å². The van der Waals surface area contributed by atoms with Gasteiger partial charge in [-0.2, -0.15) is 0 Å². The highest BCUT2D eigenvalue weighted by molar-refractivity contribution is 5.98. The smallest absolute Gasteiger partial charge is 0.120 e. The standard InChI is InChI=1S/C9H17N3/c1-7(6-10)8(2)11-9(3)12(4)5/h1,3,6,10H2,2,4-5H3/b11-8-. The number of aliphatic imine (C=N–C) groups is 1. The Labute approximate surface area is 74.3 Å². The molecule has 0 rings (SSSR count). The van der Waals surface area contributed by atoms with Gasteiger partial charge in [-0.15, -0.1) is 0 Å². The van der Waals surface area contributed by atoms with E-state index in [-0.39, 0.29) is 0 Å². The monoisotopic (exact) mass is 167 g/mol. The number of rotatable bonds is 4. The van der Waals surface area contributed by atoms with Crippen LogP contribution in [0.3, 0.4) is 0 Å². The van der Waals surface area contributed by atoms with Crippen molar-refractivity contribution in [2.24, 2.45) is 10.7 Å². The number of hydrogen-bond acceptors (Lipinski definition) is 3. The van der Waals surface area contributed by atoms with Crippen molar-refractivity contribution < 1.29 is 0 Å². The molecule has 3 heteroatoms. The third-order valence-electron chi connectivity index (χ3n) is 1.57. The molecule has 0 radical (unpaired) electrons. The molecule has 68 valence electrons. The predicted molar refractivity (Wildman–Crippen MR) is 54.1 cm³/mol. The first kappa shape index (κ1) is 10.9. The molecule has 3 nitrogen and oxygen atoms in total. The average Bonchev–Trinajstić information content (AvgIpc) is 2.02. The fraction of sp³-hybridized carbons (Fsp3) is 0.444. The lowest BCUT2D eigenvalue weighted by molar-refractivity contribution is 0.509. The number of nitrogens with zero attached hydrogens (tertiary/aromatic N) is 2. The Bertz CT molecular complexity index is 214.